The molecule has 0 saturated heterocycles. The van der Waals surface area contributed by atoms with Crippen molar-refractivity contribution >= 4 is 28.9 Å². The number of esters is 1. The highest BCUT2D eigenvalue weighted by Crippen LogP contribution is 2.34. The van der Waals surface area contributed by atoms with Gasteiger partial charge < -0.3 is 9.64 Å². The average molecular weight is 305 g/mol. The minimum Gasteiger partial charge on any atom is -0.468 e. The van der Waals surface area contributed by atoms with Gasteiger partial charge in [0.25, 0.3) is 5.69 Å². The van der Waals surface area contributed by atoms with Gasteiger partial charge in [0.05, 0.1) is 23.1 Å². The smallest absolute Gasteiger partial charge is 0.325 e. The van der Waals surface area contributed by atoms with Crippen LogP contribution in [0.5, 0.6) is 0 Å². The van der Waals surface area contributed by atoms with E-state index in [9.17, 15) is 19.3 Å². The third-order valence-corrected chi connectivity index (χ3v) is 2.96. The topological polar surface area (TPSA) is 72.7 Å². The molecule has 0 unspecified atom stereocenters. The van der Waals surface area contributed by atoms with E-state index >= 15 is 0 Å². The molecule has 8 heteroatoms. The first-order valence-corrected chi connectivity index (χ1v) is 6.12. The number of hydrogen-bond donors (Lipinski definition) is 0. The summed E-state index contributed by atoms with van der Waals surface area (Å²) in [6.45, 7) is 3.28. The molecular weight excluding hydrogens is 291 g/mol. The number of nitro groups is 1. The van der Waals surface area contributed by atoms with Crippen LogP contribution in [0.2, 0.25) is 5.02 Å². The Morgan fingerprint density at radius 1 is 1.55 bits per heavy atom. The predicted octanol–water partition coefficient (Wildman–Crippen LogP) is 2.78. The predicted molar refractivity (Wildman–Crippen MR) is 72.6 cm³/mol. The van der Waals surface area contributed by atoms with Gasteiger partial charge in [-0.05, 0) is 19.9 Å². The highest BCUT2D eigenvalue weighted by Gasteiger charge is 2.26. The van der Waals surface area contributed by atoms with Gasteiger partial charge in [0.2, 0.25) is 0 Å². The maximum absolute atomic E-state index is 13.4. The molecule has 0 N–H and O–H groups in total. The number of hydrogen-bond acceptors (Lipinski definition) is 5. The van der Waals surface area contributed by atoms with E-state index in [-0.39, 0.29) is 23.3 Å². The largest absolute Gasteiger partial charge is 0.468 e. The van der Waals surface area contributed by atoms with Crippen molar-refractivity contribution in [3.63, 3.8) is 0 Å². The maximum Gasteiger partial charge on any atom is 0.325 e. The summed E-state index contributed by atoms with van der Waals surface area (Å²) >= 11 is 5.67. The van der Waals surface area contributed by atoms with Gasteiger partial charge in [-0.2, -0.15) is 0 Å². The number of benzene rings is 1. The molecule has 1 rings (SSSR count). The molecule has 6 nitrogen and oxygen atoms in total. The normalized spacial score (nSPS) is 10.5. The molecule has 0 aliphatic heterocycles. The second-order valence-corrected chi connectivity index (χ2v) is 4.72. The summed E-state index contributed by atoms with van der Waals surface area (Å²) < 4.78 is 17.9. The van der Waals surface area contributed by atoms with Gasteiger partial charge in [-0.3, -0.25) is 14.9 Å². The Kier molecular flexibility index (Phi) is 5.26. The summed E-state index contributed by atoms with van der Waals surface area (Å²) in [5.41, 5.74) is -0.383. The first-order valence-electron chi connectivity index (χ1n) is 5.74. The lowest BCUT2D eigenvalue weighted by molar-refractivity contribution is -0.384. The molecular formula is C12H14ClFN2O4. The van der Waals surface area contributed by atoms with E-state index in [0.29, 0.717) is 0 Å². The van der Waals surface area contributed by atoms with Crippen LogP contribution in [-0.2, 0) is 9.53 Å². The molecule has 0 aliphatic carbocycles. The molecule has 1 aromatic rings. The third kappa shape index (κ3) is 3.57. The van der Waals surface area contributed by atoms with Crippen molar-refractivity contribution in [1.29, 1.82) is 0 Å². The quantitative estimate of drug-likeness (QED) is 0.475. The van der Waals surface area contributed by atoms with E-state index in [0.717, 1.165) is 12.1 Å². The number of anilines is 1. The molecule has 0 aromatic heterocycles. The summed E-state index contributed by atoms with van der Waals surface area (Å²) in [6.07, 6.45) is 0. The van der Waals surface area contributed by atoms with Crippen LogP contribution < -0.4 is 4.90 Å². The molecule has 0 atom stereocenters. The monoisotopic (exact) mass is 304 g/mol. The summed E-state index contributed by atoms with van der Waals surface area (Å²) in [6, 6.07) is 1.64. The molecule has 0 radical (unpaired) electrons. The Hall–Kier alpha value is -1.89. The zero-order valence-corrected chi connectivity index (χ0v) is 12.0. The number of carbonyl (C=O) groups is 1. The van der Waals surface area contributed by atoms with E-state index in [1.807, 2.05) is 0 Å². The first kappa shape index (κ1) is 16.2. The van der Waals surface area contributed by atoms with Crippen molar-refractivity contribution in [2.45, 2.75) is 19.9 Å². The van der Waals surface area contributed by atoms with Crippen molar-refractivity contribution in [2.24, 2.45) is 0 Å². The van der Waals surface area contributed by atoms with E-state index in [1.165, 1.54) is 12.0 Å². The lowest BCUT2D eigenvalue weighted by Crippen LogP contribution is -2.36. The Bertz CT molecular complexity index is 536. The van der Waals surface area contributed by atoms with Crippen molar-refractivity contribution in [3.05, 3.63) is 33.1 Å². The van der Waals surface area contributed by atoms with E-state index in [1.54, 1.807) is 13.8 Å². The second-order valence-electron chi connectivity index (χ2n) is 4.31. The van der Waals surface area contributed by atoms with Crippen LogP contribution in [0.4, 0.5) is 15.8 Å². The number of carbonyl (C=O) groups excluding carboxylic acids is 1. The minimum absolute atomic E-state index is 0.0711. The fourth-order valence-electron chi connectivity index (χ4n) is 1.65. The number of halogens is 2. The molecule has 0 heterocycles. The molecule has 0 saturated carbocycles. The zero-order valence-electron chi connectivity index (χ0n) is 11.2. The van der Waals surface area contributed by atoms with Gasteiger partial charge in [-0.1, -0.05) is 11.6 Å². The molecule has 0 amide bonds. The molecule has 0 fully saturated rings. The number of methoxy groups -OCH3 is 1. The number of ether oxygens (including phenoxy) is 1. The molecule has 0 bridgehead atoms. The lowest BCUT2D eigenvalue weighted by atomic mass is 10.2. The fraction of sp³-hybridized carbons (Fsp3) is 0.417. The molecule has 1 aromatic carbocycles. The molecule has 0 spiro atoms. The minimum atomic E-state index is -0.885. The maximum atomic E-state index is 13.4. The van der Waals surface area contributed by atoms with Crippen molar-refractivity contribution in [1.82, 2.24) is 0 Å². The van der Waals surface area contributed by atoms with Crippen LogP contribution >= 0.6 is 11.6 Å². The molecule has 110 valence electrons. The molecule has 20 heavy (non-hydrogen) atoms. The van der Waals surface area contributed by atoms with Gasteiger partial charge in [0, 0.05) is 6.04 Å². The van der Waals surface area contributed by atoms with E-state index in [4.69, 9.17) is 11.6 Å². The number of nitro benzene ring substituents is 1. The summed E-state index contributed by atoms with van der Waals surface area (Å²) in [7, 11) is 1.22. The Balaban J connectivity index is 3.35. The Morgan fingerprint density at radius 2 is 2.15 bits per heavy atom. The average Bonchev–Trinajstić information content (AvgIpc) is 2.37. The number of rotatable bonds is 5. The third-order valence-electron chi connectivity index (χ3n) is 2.67. The SMILES string of the molecule is COC(=O)CN(c1cc(Cl)c(F)cc1[N+](=O)[O-])C(C)C. The summed E-state index contributed by atoms with van der Waals surface area (Å²) in [5, 5.41) is 10.8. The van der Waals surface area contributed by atoms with Gasteiger partial charge >= 0.3 is 5.97 Å². The summed E-state index contributed by atoms with van der Waals surface area (Å²) in [5.74, 6) is -1.45. The highest BCUT2D eigenvalue weighted by atomic mass is 35.5. The van der Waals surface area contributed by atoms with Crippen LogP contribution in [0, 0.1) is 15.9 Å². The van der Waals surface area contributed by atoms with Gasteiger partial charge in [-0.15, -0.1) is 0 Å². The standard InChI is InChI=1S/C12H14ClFN2O4/c1-7(2)15(6-12(17)20-3)10-4-8(13)9(14)5-11(10)16(18)19/h4-5,7H,6H2,1-3H3. The summed E-state index contributed by atoms with van der Waals surface area (Å²) in [4.78, 5) is 23.1. The van der Waals surface area contributed by atoms with Crippen LogP contribution in [0.1, 0.15) is 13.8 Å². The van der Waals surface area contributed by atoms with Crippen LogP contribution in [0.3, 0.4) is 0 Å². The first-order chi connectivity index (χ1) is 9.27. The van der Waals surface area contributed by atoms with Gasteiger partial charge in [0.15, 0.2) is 0 Å². The Morgan fingerprint density at radius 3 is 2.60 bits per heavy atom. The van der Waals surface area contributed by atoms with E-state index in [2.05, 4.69) is 4.74 Å². The van der Waals surface area contributed by atoms with Crippen molar-refractivity contribution in [3.8, 4) is 0 Å². The van der Waals surface area contributed by atoms with Crippen molar-refractivity contribution in [2.75, 3.05) is 18.6 Å². The zero-order chi connectivity index (χ0) is 15.4. The van der Waals surface area contributed by atoms with Gasteiger partial charge in [-0.25, -0.2) is 4.39 Å². The lowest BCUT2D eigenvalue weighted by Gasteiger charge is -2.27. The molecule has 0 aliphatic rings. The van der Waals surface area contributed by atoms with E-state index < -0.39 is 22.4 Å². The Labute approximate surface area is 120 Å². The van der Waals surface area contributed by atoms with Crippen LogP contribution in [-0.4, -0.2) is 30.6 Å². The van der Waals surface area contributed by atoms with Crippen LogP contribution in [0.25, 0.3) is 0 Å². The second kappa shape index (κ2) is 6.51. The van der Waals surface area contributed by atoms with Crippen molar-refractivity contribution < 1.29 is 18.8 Å². The van der Waals surface area contributed by atoms with Gasteiger partial charge in [0.1, 0.15) is 18.0 Å². The number of nitrogens with zero attached hydrogens (tertiary/aromatic N) is 2. The van der Waals surface area contributed by atoms with Crippen LogP contribution in [0.15, 0.2) is 12.1 Å². The fourth-order valence-corrected chi connectivity index (χ4v) is 1.81. The highest BCUT2D eigenvalue weighted by molar-refractivity contribution is 6.31.